The molecule has 0 radical (unpaired) electrons. The molecule has 0 amide bonds. The highest BCUT2D eigenvalue weighted by Crippen LogP contribution is 2.33. The first-order chi connectivity index (χ1) is 10.3. The van der Waals surface area contributed by atoms with Gasteiger partial charge in [0.25, 0.3) is 0 Å². The van der Waals surface area contributed by atoms with Gasteiger partial charge in [0.2, 0.25) is 0 Å². The van der Waals surface area contributed by atoms with Crippen LogP contribution in [0.2, 0.25) is 0 Å². The Labute approximate surface area is 127 Å². The van der Waals surface area contributed by atoms with Crippen LogP contribution in [0.3, 0.4) is 0 Å². The normalized spacial score (nSPS) is 12.8. The summed E-state index contributed by atoms with van der Waals surface area (Å²) in [7, 11) is 0. The summed E-state index contributed by atoms with van der Waals surface area (Å²) in [6.45, 7) is 0. The molecule has 1 nitrogen and oxygen atoms in total. The molecule has 0 aliphatic carbocycles. The van der Waals surface area contributed by atoms with E-state index in [1.54, 1.807) is 11.3 Å². The predicted molar refractivity (Wildman–Crippen MR) is 91.8 cm³/mol. The van der Waals surface area contributed by atoms with Gasteiger partial charge in [-0.3, -0.25) is 0 Å². The van der Waals surface area contributed by atoms with Crippen molar-refractivity contribution in [2.75, 3.05) is 0 Å². The third-order valence-electron chi connectivity index (χ3n) is 3.98. The van der Waals surface area contributed by atoms with Gasteiger partial charge in [-0.25, -0.2) is 0 Å². The number of hydrogen-bond donors (Lipinski definition) is 1. The second-order valence-electron chi connectivity index (χ2n) is 5.27. The molecule has 2 heteroatoms. The fourth-order valence-electron chi connectivity index (χ4n) is 2.82. The van der Waals surface area contributed by atoms with Gasteiger partial charge in [0.05, 0.1) is 6.04 Å². The summed E-state index contributed by atoms with van der Waals surface area (Å²) in [4.78, 5) is 0. The minimum Gasteiger partial charge on any atom is -0.320 e. The predicted octanol–water partition coefficient (Wildman–Crippen LogP) is 5.10. The van der Waals surface area contributed by atoms with Gasteiger partial charge in [-0.05, 0) is 44.8 Å². The number of nitrogens with two attached hydrogens (primary N) is 1. The van der Waals surface area contributed by atoms with E-state index in [0.29, 0.717) is 0 Å². The first kappa shape index (κ1) is 12.6. The molecule has 1 aromatic heterocycles. The largest absolute Gasteiger partial charge is 0.320 e. The third-order valence-corrected chi connectivity index (χ3v) is 4.96. The Kier molecular flexibility index (Phi) is 2.99. The summed E-state index contributed by atoms with van der Waals surface area (Å²) in [6, 6.07) is 23.3. The average Bonchev–Trinajstić information content (AvgIpc) is 2.98. The van der Waals surface area contributed by atoms with E-state index in [1.807, 2.05) is 0 Å². The van der Waals surface area contributed by atoms with Crippen molar-refractivity contribution in [3.8, 4) is 0 Å². The van der Waals surface area contributed by atoms with Crippen LogP contribution in [-0.4, -0.2) is 0 Å². The molecule has 0 aliphatic rings. The lowest BCUT2D eigenvalue weighted by Gasteiger charge is -2.12. The maximum absolute atomic E-state index is 6.52. The van der Waals surface area contributed by atoms with Gasteiger partial charge in [0, 0.05) is 4.70 Å². The fraction of sp³-hybridized carbons (Fsp3) is 0.0526. The molecule has 1 atom stereocenters. The van der Waals surface area contributed by atoms with E-state index < -0.39 is 0 Å². The highest BCUT2D eigenvalue weighted by Gasteiger charge is 2.14. The van der Waals surface area contributed by atoms with Gasteiger partial charge in [-0.2, -0.15) is 0 Å². The number of fused-ring (bicyclic) bond motifs is 2. The molecular weight excluding hydrogens is 274 g/mol. The zero-order valence-electron chi connectivity index (χ0n) is 11.5. The van der Waals surface area contributed by atoms with Crippen LogP contribution in [-0.2, 0) is 0 Å². The van der Waals surface area contributed by atoms with Crippen molar-refractivity contribution in [2.45, 2.75) is 6.04 Å². The van der Waals surface area contributed by atoms with E-state index in [0.717, 1.165) is 5.56 Å². The molecule has 102 valence electrons. The van der Waals surface area contributed by atoms with Crippen LogP contribution in [0.1, 0.15) is 17.2 Å². The van der Waals surface area contributed by atoms with Crippen molar-refractivity contribution in [3.05, 3.63) is 83.2 Å². The molecule has 0 spiro atoms. The van der Waals surface area contributed by atoms with Crippen LogP contribution in [0.4, 0.5) is 0 Å². The van der Waals surface area contributed by atoms with Gasteiger partial charge in [-0.15, -0.1) is 11.3 Å². The minimum atomic E-state index is -0.0780. The number of thiophene rings is 1. The van der Waals surface area contributed by atoms with Crippen LogP contribution in [0.15, 0.2) is 72.1 Å². The van der Waals surface area contributed by atoms with Gasteiger partial charge in [-0.1, -0.05) is 54.6 Å². The lowest BCUT2D eigenvalue weighted by Crippen LogP contribution is -2.11. The molecule has 0 aliphatic heterocycles. The maximum atomic E-state index is 6.52. The van der Waals surface area contributed by atoms with E-state index in [-0.39, 0.29) is 6.04 Å². The monoisotopic (exact) mass is 289 g/mol. The Morgan fingerprint density at radius 2 is 1.57 bits per heavy atom. The summed E-state index contributed by atoms with van der Waals surface area (Å²) < 4.78 is 1.30. The first-order valence-corrected chi connectivity index (χ1v) is 7.91. The SMILES string of the molecule is NC(c1ccc2ccccc2c1)c1csc2ccccc12. The van der Waals surface area contributed by atoms with E-state index in [4.69, 9.17) is 5.73 Å². The van der Waals surface area contributed by atoms with Crippen molar-refractivity contribution in [3.63, 3.8) is 0 Å². The Morgan fingerprint density at radius 1 is 0.810 bits per heavy atom. The maximum Gasteiger partial charge on any atom is 0.0566 e. The molecule has 0 saturated carbocycles. The van der Waals surface area contributed by atoms with Gasteiger partial charge in [0.15, 0.2) is 0 Å². The summed E-state index contributed by atoms with van der Waals surface area (Å²) in [5.41, 5.74) is 8.90. The van der Waals surface area contributed by atoms with Crippen LogP contribution in [0, 0.1) is 0 Å². The topological polar surface area (TPSA) is 26.0 Å². The second-order valence-corrected chi connectivity index (χ2v) is 6.18. The summed E-state index contributed by atoms with van der Waals surface area (Å²) in [5, 5.41) is 5.95. The van der Waals surface area contributed by atoms with Crippen molar-refractivity contribution in [1.29, 1.82) is 0 Å². The third kappa shape index (κ3) is 2.13. The standard InChI is InChI=1S/C19H15NS/c20-19(17-12-21-18-8-4-3-7-16(17)18)15-10-9-13-5-1-2-6-14(13)11-15/h1-12,19H,20H2. The molecule has 2 N–H and O–H groups in total. The summed E-state index contributed by atoms with van der Waals surface area (Å²) >= 11 is 1.76. The first-order valence-electron chi connectivity index (χ1n) is 7.03. The Bertz CT molecular complexity index is 923. The van der Waals surface area contributed by atoms with Crippen molar-refractivity contribution in [1.82, 2.24) is 0 Å². The fourth-order valence-corrected chi connectivity index (χ4v) is 3.82. The van der Waals surface area contributed by atoms with E-state index in [1.165, 1.54) is 26.4 Å². The highest BCUT2D eigenvalue weighted by atomic mass is 32.1. The molecular formula is C19H15NS. The molecule has 4 rings (SSSR count). The number of hydrogen-bond acceptors (Lipinski definition) is 2. The smallest absolute Gasteiger partial charge is 0.0566 e. The summed E-state index contributed by atoms with van der Waals surface area (Å²) in [5.74, 6) is 0. The number of rotatable bonds is 2. The van der Waals surface area contributed by atoms with Crippen molar-refractivity contribution < 1.29 is 0 Å². The van der Waals surface area contributed by atoms with E-state index in [9.17, 15) is 0 Å². The zero-order valence-corrected chi connectivity index (χ0v) is 12.3. The molecule has 21 heavy (non-hydrogen) atoms. The Balaban J connectivity index is 1.83. The lowest BCUT2D eigenvalue weighted by molar-refractivity contribution is 0.887. The molecule has 0 bridgehead atoms. The van der Waals surface area contributed by atoms with E-state index in [2.05, 4.69) is 72.1 Å². The Morgan fingerprint density at radius 3 is 2.48 bits per heavy atom. The van der Waals surface area contributed by atoms with Crippen LogP contribution in [0.25, 0.3) is 20.9 Å². The molecule has 4 aromatic rings. The van der Waals surface area contributed by atoms with Gasteiger partial charge >= 0.3 is 0 Å². The molecule has 0 fully saturated rings. The summed E-state index contributed by atoms with van der Waals surface area (Å²) in [6.07, 6.45) is 0. The molecule has 1 unspecified atom stereocenters. The average molecular weight is 289 g/mol. The van der Waals surface area contributed by atoms with Gasteiger partial charge in [0.1, 0.15) is 0 Å². The van der Waals surface area contributed by atoms with Gasteiger partial charge < -0.3 is 5.73 Å². The molecule has 0 saturated heterocycles. The highest BCUT2D eigenvalue weighted by molar-refractivity contribution is 7.17. The molecule has 1 heterocycles. The van der Waals surface area contributed by atoms with Crippen LogP contribution in [0.5, 0.6) is 0 Å². The molecule has 3 aromatic carbocycles. The Hall–Kier alpha value is -2.16. The zero-order chi connectivity index (χ0) is 14.2. The minimum absolute atomic E-state index is 0.0780. The number of benzene rings is 3. The van der Waals surface area contributed by atoms with Crippen molar-refractivity contribution in [2.24, 2.45) is 5.73 Å². The van der Waals surface area contributed by atoms with Crippen molar-refractivity contribution >= 4 is 32.2 Å². The quantitative estimate of drug-likeness (QED) is 0.545. The van der Waals surface area contributed by atoms with Crippen LogP contribution < -0.4 is 5.73 Å². The van der Waals surface area contributed by atoms with E-state index >= 15 is 0 Å². The second kappa shape index (κ2) is 4.99. The van der Waals surface area contributed by atoms with Crippen LogP contribution >= 0.6 is 11.3 Å². The lowest BCUT2D eigenvalue weighted by atomic mass is 9.97.